The molecule has 0 saturated heterocycles. The summed E-state index contributed by atoms with van der Waals surface area (Å²) in [6.07, 6.45) is 3.03. The number of nitrogens with zero attached hydrogens (tertiary/aromatic N) is 3. The first-order chi connectivity index (χ1) is 12.9. The van der Waals surface area contributed by atoms with E-state index in [1.165, 1.54) is 40.6 Å². The Bertz CT molecular complexity index is 1220. The second kappa shape index (κ2) is 6.48. The fourth-order valence-electron chi connectivity index (χ4n) is 2.95. The van der Waals surface area contributed by atoms with E-state index in [-0.39, 0.29) is 4.90 Å². The molecule has 8 heteroatoms. The Labute approximate surface area is 155 Å². The lowest BCUT2D eigenvalue weighted by Crippen LogP contribution is -2.14. The van der Waals surface area contributed by atoms with Gasteiger partial charge >= 0.3 is 0 Å². The zero-order valence-corrected chi connectivity index (χ0v) is 15.1. The molecule has 0 bridgehead atoms. The van der Waals surface area contributed by atoms with Crippen LogP contribution in [0, 0.1) is 12.7 Å². The van der Waals surface area contributed by atoms with E-state index in [1.54, 1.807) is 37.4 Å². The Morgan fingerprint density at radius 2 is 1.81 bits per heavy atom. The summed E-state index contributed by atoms with van der Waals surface area (Å²) < 4.78 is 40.9. The SMILES string of the molecule is Cc1cc2cc(F)ccc2n1S(=O)(=O)c1ccc(Nc2ccncn2)cc1. The third kappa shape index (κ3) is 3.15. The van der Waals surface area contributed by atoms with Crippen molar-refractivity contribution in [3.05, 3.63) is 78.6 Å². The molecule has 2 aromatic heterocycles. The quantitative estimate of drug-likeness (QED) is 0.580. The second-order valence-electron chi connectivity index (χ2n) is 6.00. The molecule has 136 valence electrons. The molecule has 0 amide bonds. The van der Waals surface area contributed by atoms with Gasteiger partial charge in [0.25, 0.3) is 10.0 Å². The zero-order valence-electron chi connectivity index (χ0n) is 14.3. The molecule has 0 aliphatic rings. The van der Waals surface area contributed by atoms with Crippen molar-refractivity contribution >= 4 is 32.4 Å². The van der Waals surface area contributed by atoms with Gasteiger partial charge in [-0.1, -0.05) is 0 Å². The van der Waals surface area contributed by atoms with E-state index in [0.29, 0.717) is 28.1 Å². The molecule has 1 N–H and O–H groups in total. The number of aromatic nitrogens is 3. The Morgan fingerprint density at radius 1 is 1.04 bits per heavy atom. The molecule has 0 aliphatic carbocycles. The fourth-order valence-corrected chi connectivity index (χ4v) is 4.49. The number of rotatable bonds is 4. The first-order valence-electron chi connectivity index (χ1n) is 8.11. The average molecular weight is 382 g/mol. The number of halogens is 1. The smallest absolute Gasteiger partial charge is 0.268 e. The summed E-state index contributed by atoms with van der Waals surface area (Å²) in [4.78, 5) is 8.05. The van der Waals surface area contributed by atoms with Gasteiger partial charge in [-0.3, -0.25) is 0 Å². The molecule has 6 nitrogen and oxygen atoms in total. The molecule has 0 fully saturated rings. The highest BCUT2D eigenvalue weighted by Crippen LogP contribution is 2.27. The second-order valence-corrected chi connectivity index (χ2v) is 7.79. The van der Waals surface area contributed by atoms with Crippen molar-refractivity contribution in [1.29, 1.82) is 0 Å². The minimum Gasteiger partial charge on any atom is -0.340 e. The van der Waals surface area contributed by atoms with Crippen molar-refractivity contribution in [3.8, 4) is 0 Å². The van der Waals surface area contributed by atoms with Crippen LogP contribution in [-0.4, -0.2) is 22.4 Å². The molecular weight excluding hydrogens is 367 g/mol. The van der Waals surface area contributed by atoms with Crippen molar-refractivity contribution in [1.82, 2.24) is 13.9 Å². The molecule has 0 spiro atoms. The molecule has 2 heterocycles. The first kappa shape index (κ1) is 17.2. The van der Waals surface area contributed by atoms with Crippen LogP contribution in [-0.2, 0) is 10.0 Å². The first-order valence-corrected chi connectivity index (χ1v) is 9.55. The van der Waals surface area contributed by atoms with Gasteiger partial charge in [-0.15, -0.1) is 0 Å². The highest BCUT2D eigenvalue weighted by Gasteiger charge is 2.21. The Balaban J connectivity index is 1.71. The van der Waals surface area contributed by atoms with Gasteiger partial charge in [-0.2, -0.15) is 0 Å². The van der Waals surface area contributed by atoms with Crippen molar-refractivity contribution < 1.29 is 12.8 Å². The molecule has 0 radical (unpaired) electrons. The van der Waals surface area contributed by atoms with E-state index in [1.807, 2.05) is 0 Å². The van der Waals surface area contributed by atoms with Gasteiger partial charge in [0, 0.05) is 23.0 Å². The van der Waals surface area contributed by atoms with Crippen LogP contribution in [0.25, 0.3) is 10.9 Å². The normalized spacial score (nSPS) is 11.6. The highest BCUT2D eigenvalue weighted by atomic mass is 32.2. The molecule has 4 aromatic rings. The monoisotopic (exact) mass is 382 g/mol. The molecule has 2 aromatic carbocycles. The van der Waals surface area contributed by atoms with Gasteiger partial charge in [0.1, 0.15) is 18.0 Å². The molecule has 0 atom stereocenters. The van der Waals surface area contributed by atoms with Crippen molar-refractivity contribution in [2.45, 2.75) is 11.8 Å². The third-order valence-corrected chi connectivity index (χ3v) is 5.97. The molecule has 0 saturated carbocycles. The van der Waals surface area contributed by atoms with Crippen LogP contribution in [0.2, 0.25) is 0 Å². The third-order valence-electron chi connectivity index (χ3n) is 4.14. The zero-order chi connectivity index (χ0) is 19.0. The van der Waals surface area contributed by atoms with E-state index in [2.05, 4.69) is 15.3 Å². The van der Waals surface area contributed by atoms with Crippen LogP contribution in [0.1, 0.15) is 5.69 Å². The maximum absolute atomic E-state index is 13.4. The number of nitrogens with one attached hydrogen (secondary N) is 1. The van der Waals surface area contributed by atoms with Gasteiger partial charge in [0.2, 0.25) is 0 Å². The summed E-state index contributed by atoms with van der Waals surface area (Å²) in [6, 6.07) is 13.8. The van der Waals surface area contributed by atoms with Gasteiger partial charge in [-0.05, 0) is 61.5 Å². The lowest BCUT2D eigenvalue weighted by molar-refractivity contribution is 0.588. The predicted octanol–water partition coefficient (Wildman–Crippen LogP) is 3.86. The lowest BCUT2D eigenvalue weighted by Gasteiger charge is -2.11. The maximum atomic E-state index is 13.4. The Kier molecular flexibility index (Phi) is 4.12. The number of anilines is 2. The van der Waals surface area contributed by atoms with Gasteiger partial charge in [0.05, 0.1) is 10.4 Å². The summed E-state index contributed by atoms with van der Waals surface area (Å²) in [5, 5.41) is 3.61. The number of hydrogen-bond donors (Lipinski definition) is 1. The van der Waals surface area contributed by atoms with Crippen molar-refractivity contribution in [2.75, 3.05) is 5.32 Å². The summed E-state index contributed by atoms with van der Waals surface area (Å²) in [5.74, 6) is 0.201. The van der Waals surface area contributed by atoms with Crippen molar-refractivity contribution in [2.24, 2.45) is 0 Å². The Morgan fingerprint density at radius 3 is 2.52 bits per heavy atom. The molecule has 27 heavy (non-hydrogen) atoms. The van der Waals surface area contributed by atoms with Crippen LogP contribution < -0.4 is 5.32 Å². The average Bonchev–Trinajstić information content (AvgIpc) is 2.98. The summed E-state index contributed by atoms with van der Waals surface area (Å²) in [7, 11) is -3.81. The van der Waals surface area contributed by atoms with E-state index in [4.69, 9.17) is 0 Å². The molecule has 4 rings (SSSR count). The highest BCUT2D eigenvalue weighted by molar-refractivity contribution is 7.90. The topological polar surface area (TPSA) is 76.9 Å². The van der Waals surface area contributed by atoms with E-state index in [0.717, 1.165) is 0 Å². The fraction of sp³-hybridized carbons (Fsp3) is 0.0526. The van der Waals surface area contributed by atoms with Gasteiger partial charge in [0.15, 0.2) is 0 Å². The lowest BCUT2D eigenvalue weighted by atomic mass is 10.2. The van der Waals surface area contributed by atoms with Crippen LogP contribution in [0.5, 0.6) is 0 Å². The number of aryl methyl sites for hydroxylation is 1. The summed E-state index contributed by atoms with van der Waals surface area (Å²) >= 11 is 0. The van der Waals surface area contributed by atoms with Crippen LogP contribution in [0.4, 0.5) is 15.9 Å². The predicted molar refractivity (Wildman–Crippen MR) is 101 cm³/mol. The summed E-state index contributed by atoms with van der Waals surface area (Å²) in [5.41, 5.74) is 1.65. The maximum Gasteiger partial charge on any atom is 0.268 e. The Hall–Kier alpha value is -3.26. The van der Waals surface area contributed by atoms with Crippen molar-refractivity contribution in [3.63, 3.8) is 0 Å². The van der Waals surface area contributed by atoms with E-state index < -0.39 is 15.8 Å². The standard InChI is InChI=1S/C19H15FN4O2S/c1-13-10-14-11-15(20)2-7-18(14)24(13)27(25,26)17-5-3-16(4-6-17)23-19-8-9-21-12-22-19/h2-12H,1H3,(H,21,22,23). The summed E-state index contributed by atoms with van der Waals surface area (Å²) in [6.45, 7) is 1.68. The number of hydrogen-bond acceptors (Lipinski definition) is 5. The molecule has 0 unspecified atom stereocenters. The number of fused-ring (bicyclic) bond motifs is 1. The minimum atomic E-state index is -3.81. The van der Waals surface area contributed by atoms with Crippen LogP contribution >= 0.6 is 0 Å². The van der Waals surface area contributed by atoms with E-state index >= 15 is 0 Å². The largest absolute Gasteiger partial charge is 0.340 e. The van der Waals surface area contributed by atoms with Gasteiger partial charge in [-0.25, -0.2) is 26.7 Å². The minimum absolute atomic E-state index is 0.140. The number of benzene rings is 2. The van der Waals surface area contributed by atoms with Crippen LogP contribution in [0.15, 0.2) is 72.0 Å². The van der Waals surface area contributed by atoms with Gasteiger partial charge < -0.3 is 5.32 Å². The molecular formula is C19H15FN4O2S. The van der Waals surface area contributed by atoms with E-state index in [9.17, 15) is 12.8 Å². The molecule has 0 aliphatic heterocycles. The van der Waals surface area contributed by atoms with Crippen LogP contribution in [0.3, 0.4) is 0 Å².